The molecular weight excluding hydrogens is 296 g/mol. The molecule has 2 atom stereocenters. The maximum atomic E-state index is 9.39. The molecule has 0 aromatic heterocycles. The van der Waals surface area contributed by atoms with Gasteiger partial charge in [0.15, 0.2) is 0 Å². The highest BCUT2D eigenvalue weighted by atomic mass is 35.5. The van der Waals surface area contributed by atoms with Crippen LogP contribution in [0.3, 0.4) is 0 Å². The minimum absolute atomic E-state index is 0. The fourth-order valence-electron chi connectivity index (χ4n) is 2.05. The number of nitrogens with one attached hydrogen (secondary N) is 1. The standard InChI is InChI=1S/C12H15Cl2NO2.ClH/c13-10-2-1-8(5-11(10)14)9-7-17-4-3-15-12(9)6-16;/h1-2,5,9,12,15-16H,3-4,6-7H2;1H. The average molecular weight is 313 g/mol. The van der Waals surface area contributed by atoms with Gasteiger partial charge >= 0.3 is 0 Å². The molecule has 1 fully saturated rings. The maximum Gasteiger partial charge on any atom is 0.0595 e. The molecule has 1 heterocycles. The van der Waals surface area contributed by atoms with Crippen LogP contribution in [0.2, 0.25) is 10.0 Å². The lowest BCUT2D eigenvalue weighted by Gasteiger charge is -2.23. The molecule has 102 valence electrons. The Morgan fingerprint density at radius 3 is 2.78 bits per heavy atom. The SMILES string of the molecule is Cl.OCC1NCCOCC1c1ccc(Cl)c(Cl)c1. The van der Waals surface area contributed by atoms with E-state index in [2.05, 4.69) is 5.32 Å². The Morgan fingerprint density at radius 1 is 1.33 bits per heavy atom. The van der Waals surface area contributed by atoms with Crippen molar-refractivity contribution < 1.29 is 9.84 Å². The monoisotopic (exact) mass is 311 g/mol. The Morgan fingerprint density at radius 2 is 2.11 bits per heavy atom. The van der Waals surface area contributed by atoms with Crippen molar-refractivity contribution in [2.24, 2.45) is 0 Å². The van der Waals surface area contributed by atoms with Gasteiger partial charge in [-0.15, -0.1) is 12.4 Å². The molecule has 2 unspecified atom stereocenters. The van der Waals surface area contributed by atoms with Gasteiger partial charge in [-0.25, -0.2) is 0 Å². The Balaban J connectivity index is 0.00000162. The minimum Gasteiger partial charge on any atom is -0.395 e. The van der Waals surface area contributed by atoms with E-state index in [-0.39, 0.29) is 31.0 Å². The van der Waals surface area contributed by atoms with E-state index in [0.717, 1.165) is 12.1 Å². The number of rotatable bonds is 2. The van der Waals surface area contributed by atoms with Gasteiger partial charge in [0, 0.05) is 18.5 Å². The largest absolute Gasteiger partial charge is 0.395 e. The van der Waals surface area contributed by atoms with Crippen LogP contribution in [0, 0.1) is 0 Å². The number of hydrogen-bond acceptors (Lipinski definition) is 3. The molecule has 0 radical (unpaired) electrons. The molecule has 1 aromatic carbocycles. The van der Waals surface area contributed by atoms with Gasteiger partial charge < -0.3 is 15.2 Å². The third-order valence-electron chi connectivity index (χ3n) is 3.00. The van der Waals surface area contributed by atoms with Crippen molar-refractivity contribution in [2.45, 2.75) is 12.0 Å². The van der Waals surface area contributed by atoms with Crippen LogP contribution < -0.4 is 5.32 Å². The molecule has 0 spiro atoms. The van der Waals surface area contributed by atoms with Crippen molar-refractivity contribution in [2.75, 3.05) is 26.4 Å². The highest BCUT2D eigenvalue weighted by Crippen LogP contribution is 2.29. The molecule has 0 saturated carbocycles. The van der Waals surface area contributed by atoms with Gasteiger partial charge in [-0.05, 0) is 17.7 Å². The second-order valence-electron chi connectivity index (χ2n) is 4.10. The zero-order valence-corrected chi connectivity index (χ0v) is 12.1. The number of halogens is 3. The van der Waals surface area contributed by atoms with Crippen LogP contribution in [0.15, 0.2) is 18.2 Å². The van der Waals surface area contributed by atoms with Crippen LogP contribution in [-0.2, 0) is 4.74 Å². The van der Waals surface area contributed by atoms with E-state index in [4.69, 9.17) is 27.9 Å². The van der Waals surface area contributed by atoms with E-state index in [0.29, 0.717) is 23.3 Å². The first kappa shape index (κ1) is 16.0. The van der Waals surface area contributed by atoms with Gasteiger partial charge in [0.05, 0.1) is 29.9 Å². The topological polar surface area (TPSA) is 41.5 Å². The molecule has 18 heavy (non-hydrogen) atoms. The van der Waals surface area contributed by atoms with Gasteiger partial charge in [-0.2, -0.15) is 0 Å². The summed E-state index contributed by atoms with van der Waals surface area (Å²) in [4.78, 5) is 0. The van der Waals surface area contributed by atoms with Gasteiger partial charge in [-0.3, -0.25) is 0 Å². The molecule has 1 aliphatic heterocycles. The summed E-state index contributed by atoms with van der Waals surface area (Å²) in [6.45, 7) is 2.07. The maximum absolute atomic E-state index is 9.39. The van der Waals surface area contributed by atoms with E-state index in [9.17, 15) is 5.11 Å². The first-order valence-electron chi connectivity index (χ1n) is 5.59. The zero-order valence-electron chi connectivity index (χ0n) is 9.73. The van der Waals surface area contributed by atoms with Gasteiger partial charge in [-0.1, -0.05) is 29.3 Å². The molecule has 1 saturated heterocycles. The van der Waals surface area contributed by atoms with Crippen LogP contribution in [0.4, 0.5) is 0 Å². The molecule has 2 N–H and O–H groups in total. The molecule has 0 amide bonds. The number of hydrogen-bond donors (Lipinski definition) is 2. The van der Waals surface area contributed by atoms with Crippen LogP contribution >= 0.6 is 35.6 Å². The van der Waals surface area contributed by atoms with Gasteiger partial charge in [0.1, 0.15) is 0 Å². The van der Waals surface area contributed by atoms with E-state index in [1.807, 2.05) is 12.1 Å². The predicted molar refractivity (Wildman–Crippen MR) is 76.1 cm³/mol. The Bertz CT molecular complexity index is 390. The van der Waals surface area contributed by atoms with Gasteiger partial charge in [0.25, 0.3) is 0 Å². The van der Waals surface area contributed by atoms with Crippen molar-refractivity contribution >= 4 is 35.6 Å². The molecule has 1 aliphatic rings. The lowest BCUT2D eigenvalue weighted by molar-refractivity contribution is 0.132. The van der Waals surface area contributed by atoms with E-state index in [1.165, 1.54) is 0 Å². The molecule has 0 aliphatic carbocycles. The van der Waals surface area contributed by atoms with E-state index >= 15 is 0 Å². The number of benzene rings is 1. The molecule has 3 nitrogen and oxygen atoms in total. The smallest absolute Gasteiger partial charge is 0.0595 e. The first-order chi connectivity index (χ1) is 8.22. The fourth-order valence-corrected chi connectivity index (χ4v) is 2.36. The summed E-state index contributed by atoms with van der Waals surface area (Å²) in [5.41, 5.74) is 1.04. The van der Waals surface area contributed by atoms with Crippen LogP contribution in [0.5, 0.6) is 0 Å². The highest BCUT2D eigenvalue weighted by Gasteiger charge is 2.25. The number of aliphatic hydroxyl groups excluding tert-OH is 1. The van der Waals surface area contributed by atoms with Crippen LogP contribution in [-0.4, -0.2) is 37.5 Å². The van der Waals surface area contributed by atoms with Crippen molar-refractivity contribution in [3.05, 3.63) is 33.8 Å². The normalized spacial score (nSPS) is 24.2. The fraction of sp³-hybridized carbons (Fsp3) is 0.500. The third kappa shape index (κ3) is 3.73. The average Bonchev–Trinajstić information content (AvgIpc) is 2.57. The number of ether oxygens (including phenoxy) is 1. The van der Waals surface area contributed by atoms with Crippen molar-refractivity contribution in [1.82, 2.24) is 5.32 Å². The highest BCUT2D eigenvalue weighted by molar-refractivity contribution is 6.42. The lowest BCUT2D eigenvalue weighted by atomic mass is 9.92. The summed E-state index contributed by atoms with van der Waals surface area (Å²) < 4.78 is 5.51. The summed E-state index contributed by atoms with van der Waals surface area (Å²) >= 11 is 11.9. The van der Waals surface area contributed by atoms with Crippen LogP contribution in [0.1, 0.15) is 11.5 Å². The van der Waals surface area contributed by atoms with E-state index in [1.54, 1.807) is 6.07 Å². The van der Waals surface area contributed by atoms with Crippen molar-refractivity contribution in [3.63, 3.8) is 0 Å². The Kier molecular flexibility index (Phi) is 6.71. The number of aliphatic hydroxyl groups is 1. The molecular formula is C12H16Cl3NO2. The summed E-state index contributed by atoms with van der Waals surface area (Å²) in [6.07, 6.45) is 0. The third-order valence-corrected chi connectivity index (χ3v) is 3.74. The Hall–Kier alpha value is -0.0300. The van der Waals surface area contributed by atoms with Crippen LogP contribution in [0.25, 0.3) is 0 Å². The second kappa shape index (κ2) is 7.53. The van der Waals surface area contributed by atoms with E-state index < -0.39 is 0 Å². The van der Waals surface area contributed by atoms with Crippen molar-refractivity contribution in [1.29, 1.82) is 0 Å². The summed E-state index contributed by atoms with van der Waals surface area (Å²) in [5, 5.41) is 13.7. The zero-order chi connectivity index (χ0) is 12.3. The summed E-state index contributed by atoms with van der Waals surface area (Å²) in [7, 11) is 0. The Labute approximate surface area is 123 Å². The molecule has 1 aromatic rings. The molecule has 0 bridgehead atoms. The second-order valence-corrected chi connectivity index (χ2v) is 4.91. The summed E-state index contributed by atoms with van der Waals surface area (Å²) in [6, 6.07) is 5.54. The quantitative estimate of drug-likeness (QED) is 0.881. The first-order valence-corrected chi connectivity index (χ1v) is 6.35. The molecule has 6 heteroatoms. The molecule has 2 rings (SSSR count). The van der Waals surface area contributed by atoms with Crippen molar-refractivity contribution in [3.8, 4) is 0 Å². The van der Waals surface area contributed by atoms with Gasteiger partial charge in [0.2, 0.25) is 0 Å². The summed E-state index contributed by atoms with van der Waals surface area (Å²) in [5.74, 6) is 0.0947. The lowest BCUT2D eigenvalue weighted by Crippen LogP contribution is -2.38. The predicted octanol–water partition coefficient (Wildman–Crippen LogP) is 2.48. The minimum atomic E-state index is -0.00487.